The van der Waals surface area contributed by atoms with Gasteiger partial charge in [-0.15, -0.1) is 0 Å². The third-order valence-electron chi connectivity index (χ3n) is 3.25. The first-order valence-electron chi connectivity index (χ1n) is 6.22. The Labute approximate surface area is 123 Å². The molecule has 0 bridgehead atoms. The molecule has 1 aromatic carbocycles. The van der Waals surface area contributed by atoms with Crippen molar-refractivity contribution in [3.05, 3.63) is 35.4 Å². The van der Waals surface area contributed by atoms with Crippen molar-refractivity contribution in [3.8, 4) is 17.1 Å². The van der Waals surface area contributed by atoms with Gasteiger partial charge in [0.25, 0.3) is 0 Å². The number of rotatable bonds is 2. The Morgan fingerprint density at radius 3 is 2.76 bits per heavy atom. The summed E-state index contributed by atoms with van der Waals surface area (Å²) in [6.07, 6.45) is 1.58. The summed E-state index contributed by atoms with van der Waals surface area (Å²) in [4.78, 5) is 16.0. The Morgan fingerprint density at radius 2 is 2.00 bits per heavy atom. The van der Waals surface area contributed by atoms with E-state index >= 15 is 0 Å². The van der Waals surface area contributed by atoms with Gasteiger partial charge in [0, 0.05) is 5.56 Å². The second-order valence-corrected chi connectivity index (χ2v) is 4.82. The lowest BCUT2D eigenvalue weighted by Crippen LogP contribution is -1.94. The van der Waals surface area contributed by atoms with Gasteiger partial charge in [-0.25, -0.2) is 14.5 Å². The fourth-order valence-corrected chi connectivity index (χ4v) is 2.42. The Hall–Kier alpha value is -2.74. The zero-order valence-electron chi connectivity index (χ0n) is 11.0. The van der Waals surface area contributed by atoms with Gasteiger partial charge in [0.15, 0.2) is 17.1 Å². The van der Waals surface area contributed by atoms with Gasteiger partial charge in [0.1, 0.15) is 11.3 Å². The summed E-state index contributed by atoms with van der Waals surface area (Å²) in [7, 11) is 1.64. The second kappa shape index (κ2) is 4.38. The summed E-state index contributed by atoms with van der Waals surface area (Å²) >= 11 is 5.26. The third kappa shape index (κ3) is 1.80. The largest absolute Gasteiger partial charge is 0.497 e. The molecular weight excluding hydrogens is 288 g/mol. The van der Waals surface area contributed by atoms with Gasteiger partial charge in [0.05, 0.1) is 13.4 Å². The molecule has 0 fully saturated rings. The Balaban J connectivity index is 1.97. The van der Waals surface area contributed by atoms with Crippen molar-refractivity contribution >= 4 is 29.0 Å². The van der Waals surface area contributed by atoms with E-state index in [1.807, 2.05) is 24.3 Å². The summed E-state index contributed by atoms with van der Waals surface area (Å²) in [6.45, 7) is 0. The molecule has 0 aliphatic rings. The highest BCUT2D eigenvalue weighted by molar-refractivity contribution is 7.71. The van der Waals surface area contributed by atoms with Crippen molar-refractivity contribution in [2.45, 2.75) is 0 Å². The van der Waals surface area contributed by atoms with Crippen molar-refractivity contribution in [1.82, 2.24) is 29.5 Å². The van der Waals surface area contributed by atoms with Crippen LogP contribution in [-0.4, -0.2) is 36.7 Å². The second-order valence-electron chi connectivity index (χ2n) is 4.46. The molecule has 0 aliphatic carbocycles. The standard InChI is InChI=1S/C13H10N6OS/c1-20-8-4-2-7(3-5-8)10-16-12-9-11(15-6-14-9)17-13(21)19(12)18-10/h2-6H,1H3,(H,16,18)(H,14,15,17,21). The van der Waals surface area contributed by atoms with E-state index in [4.69, 9.17) is 17.0 Å². The SMILES string of the molecule is COc1ccc(-c2nc3c4[nH]cnc4nc(=S)n3[nH]2)cc1. The van der Waals surface area contributed by atoms with E-state index in [9.17, 15) is 0 Å². The number of hydrogen-bond acceptors (Lipinski definition) is 5. The van der Waals surface area contributed by atoms with E-state index in [0.717, 1.165) is 16.8 Å². The van der Waals surface area contributed by atoms with Crippen molar-refractivity contribution in [2.24, 2.45) is 0 Å². The highest BCUT2D eigenvalue weighted by Gasteiger charge is 2.11. The molecule has 0 saturated heterocycles. The molecule has 4 aromatic rings. The summed E-state index contributed by atoms with van der Waals surface area (Å²) < 4.78 is 7.20. The molecule has 8 heteroatoms. The van der Waals surface area contributed by atoms with Gasteiger partial charge in [-0.1, -0.05) is 0 Å². The summed E-state index contributed by atoms with van der Waals surface area (Å²) in [5.41, 5.74) is 2.92. The van der Waals surface area contributed by atoms with E-state index < -0.39 is 0 Å². The van der Waals surface area contributed by atoms with Crippen molar-refractivity contribution in [2.75, 3.05) is 7.11 Å². The van der Waals surface area contributed by atoms with Crippen molar-refractivity contribution in [3.63, 3.8) is 0 Å². The first kappa shape index (κ1) is 12.0. The predicted molar refractivity (Wildman–Crippen MR) is 79.8 cm³/mol. The van der Waals surface area contributed by atoms with Crippen LogP contribution in [0.15, 0.2) is 30.6 Å². The van der Waals surface area contributed by atoms with Crippen LogP contribution >= 0.6 is 12.2 Å². The van der Waals surface area contributed by atoms with Crippen LogP contribution in [0, 0.1) is 4.77 Å². The van der Waals surface area contributed by atoms with E-state index in [1.165, 1.54) is 0 Å². The Morgan fingerprint density at radius 1 is 1.19 bits per heavy atom. The maximum Gasteiger partial charge on any atom is 0.222 e. The molecule has 3 aromatic heterocycles. The molecule has 7 nitrogen and oxygen atoms in total. The number of imidazole rings is 1. The Kier molecular flexibility index (Phi) is 2.51. The molecule has 0 aliphatic heterocycles. The lowest BCUT2D eigenvalue weighted by atomic mass is 10.2. The molecule has 0 spiro atoms. The first-order chi connectivity index (χ1) is 10.3. The van der Waals surface area contributed by atoms with E-state index in [-0.39, 0.29) is 0 Å². The van der Waals surface area contributed by atoms with Gasteiger partial charge in [-0.05, 0) is 36.5 Å². The monoisotopic (exact) mass is 298 g/mol. The number of benzene rings is 1. The van der Waals surface area contributed by atoms with E-state index in [1.54, 1.807) is 18.0 Å². The zero-order chi connectivity index (χ0) is 14.4. The molecule has 4 rings (SSSR count). The minimum absolute atomic E-state index is 0.386. The maximum atomic E-state index is 5.26. The molecule has 0 saturated carbocycles. The van der Waals surface area contributed by atoms with Crippen LogP contribution in [0.1, 0.15) is 0 Å². The lowest BCUT2D eigenvalue weighted by Gasteiger charge is -1.99. The first-order valence-corrected chi connectivity index (χ1v) is 6.63. The third-order valence-corrected chi connectivity index (χ3v) is 3.52. The highest BCUT2D eigenvalue weighted by atomic mass is 32.1. The number of methoxy groups -OCH3 is 1. The fourth-order valence-electron chi connectivity index (χ4n) is 2.20. The molecular formula is C13H10N6OS. The number of nitrogens with one attached hydrogen (secondary N) is 2. The van der Waals surface area contributed by atoms with Gasteiger partial charge < -0.3 is 9.72 Å². The van der Waals surface area contributed by atoms with Crippen LogP contribution in [0.2, 0.25) is 0 Å². The number of ether oxygens (including phenoxy) is 1. The normalized spacial score (nSPS) is 11.3. The van der Waals surface area contributed by atoms with Crippen molar-refractivity contribution in [1.29, 1.82) is 0 Å². The average molecular weight is 298 g/mol. The van der Waals surface area contributed by atoms with Crippen LogP contribution in [0.4, 0.5) is 0 Å². The average Bonchev–Trinajstić information content (AvgIpc) is 3.13. The molecule has 21 heavy (non-hydrogen) atoms. The van der Waals surface area contributed by atoms with E-state index in [0.29, 0.717) is 21.9 Å². The van der Waals surface area contributed by atoms with Crippen LogP contribution in [0.3, 0.4) is 0 Å². The lowest BCUT2D eigenvalue weighted by molar-refractivity contribution is 0.415. The predicted octanol–water partition coefficient (Wildman–Crippen LogP) is 2.34. The Bertz CT molecular complexity index is 997. The number of aromatic nitrogens is 6. The quantitative estimate of drug-likeness (QED) is 0.555. The molecule has 0 atom stereocenters. The van der Waals surface area contributed by atoms with Gasteiger partial charge >= 0.3 is 0 Å². The minimum Gasteiger partial charge on any atom is -0.497 e. The molecule has 0 amide bonds. The molecule has 3 heterocycles. The van der Waals surface area contributed by atoms with Crippen LogP contribution < -0.4 is 4.74 Å². The minimum atomic E-state index is 0.386. The van der Waals surface area contributed by atoms with Crippen LogP contribution in [0.5, 0.6) is 5.75 Å². The zero-order valence-corrected chi connectivity index (χ0v) is 11.8. The topological polar surface area (TPSA) is 83.9 Å². The van der Waals surface area contributed by atoms with Gasteiger partial charge in [-0.2, -0.15) is 4.98 Å². The smallest absolute Gasteiger partial charge is 0.222 e. The molecule has 0 unspecified atom stereocenters. The van der Waals surface area contributed by atoms with Gasteiger partial charge in [0.2, 0.25) is 4.77 Å². The van der Waals surface area contributed by atoms with Gasteiger partial charge in [-0.3, -0.25) is 5.10 Å². The number of hydrogen-bond donors (Lipinski definition) is 2. The molecule has 2 N–H and O–H groups in total. The number of nitrogens with zero attached hydrogens (tertiary/aromatic N) is 4. The summed E-state index contributed by atoms with van der Waals surface area (Å²) in [5, 5.41) is 3.15. The highest BCUT2D eigenvalue weighted by Crippen LogP contribution is 2.21. The van der Waals surface area contributed by atoms with Crippen LogP contribution in [0.25, 0.3) is 28.2 Å². The van der Waals surface area contributed by atoms with Crippen molar-refractivity contribution < 1.29 is 4.74 Å². The molecule has 0 radical (unpaired) electrons. The number of H-pyrrole nitrogens is 2. The van der Waals surface area contributed by atoms with E-state index in [2.05, 4.69) is 25.0 Å². The fraction of sp³-hybridized carbons (Fsp3) is 0.0769. The van der Waals surface area contributed by atoms with Crippen LogP contribution in [-0.2, 0) is 0 Å². The number of fused-ring (bicyclic) bond motifs is 3. The summed E-state index contributed by atoms with van der Waals surface area (Å²) in [5.74, 6) is 1.50. The number of aromatic amines is 2. The molecule has 104 valence electrons. The summed E-state index contributed by atoms with van der Waals surface area (Å²) in [6, 6.07) is 7.62. The maximum absolute atomic E-state index is 5.26.